The van der Waals surface area contributed by atoms with Gasteiger partial charge in [-0.2, -0.15) is 0 Å². The van der Waals surface area contributed by atoms with E-state index in [0.29, 0.717) is 6.61 Å². The molecule has 78 valence electrons. The van der Waals surface area contributed by atoms with Crippen molar-refractivity contribution in [1.29, 1.82) is 0 Å². The molecule has 0 aliphatic rings. The average Bonchev–Trinajstić information content (AvgIpc) is 2.14. The van der Waals surface area contributed by atoms with Crippen LogP contribution < -0.4 is 0 Å². The molecule has 1 unspecified atom stereocenters. The van der Waals surface area contributed by atoms with E-state index in [-0.39, 0.29) is 31.7 Å². The normalized spacial score (nSPS) is 12.5. The van der Waals surface area contributed by atoms with E-state index in [9.17, 15) is 4.79 Å². The highest BCUT2D eigenvalue weighted by Crippen LogP contribution is 2.04. The number of rotatable bonds is 7. The van der Waals surface area contributed by atoms with Crippen LogP contribution in [0.1, 0.15) is 26.7 Å². The van der Waals surface area contributed by atoms with Gasteiger partial charge in [-0.3, -0.25) is 4.79 Å². The maximum Gasteiger partial charge on any atom is 0.308 e. The maximum atomic E-state index is 11.0. The molecular formula is C9H18O4. The van der Waals surface area contributed by atoms with Crippen LogP contribution in [0.25, 0.3) is 0 Å². The number of aliphatic hydroxyl groups excluding tert-OH is 1. The second-order valence-electron chi connectivity index (χ2n) is 2.63. The summed E-state index contributed by atoms with van der Waals surface area (Å²) in [6.45, 7) is 4.39. The van der Waals surface area contributed by atoms with Gasteiger partial charge in [0.2, 0.25) is 0 Å². The van der Waals surface area contributed by atoms with Crippen LogP contribution in [-0.4, -0.2) is 37.0 Å². The molecule has 1 N–H and O–H groups in total. The molecule has 4 nitrogen and oxygen atoms in total. The zero-order valence-electron chi connectivity index (χ0n) is 8.28. The lowest BCUT2D eigenvalue weighted by Crippen LogP contribution is -2.19. The summed E-state index contributed by atoms with van der Waals surface area (Å²) in [6, 6.07) is 0. The van der Waals surface area contributed by atoms with E-state index in [1.54, 1.807) is 0 Å². The molecule has 0 saturated heterocycles. The van der Waals surface area contributed by atoms with Crippen LogP contribution in [0.5, 0.6) is 0 Å². The summed E-state index contributed by atoms with van der Waals surface area (Å²) in [7, 11) is 0. The Balaban J connectivity index is 3.60. The Labute approximate surface area is 78.8 Å². The lowest BCUT2D eigenvalue weighted by molar-refractivity contribution is -0.147. The molecule has 0 saturated carbocycles. The number of carbonyl (C=O) groups is 1. The van der Waals surface area contributed by atoms with E-state index in [4.69, 9.17) is 14.6 Å². The Morgan fingerprint density at radius 3 is 2.62 bits per heavy atom. The summed E-state index contributed by atoms with van der Waals surface area (Å²) in [6.07, 6.45) is 1.00. The first-order valence-corrected chi connectivity index (χ1v) is 4.62. The minimum atomic E-state index is -0.311. The van der Waals surface area contributed by atoms with E-state index >= 15 is 0 Å². The van der Waals surface area contributed by atoms with Crippen LogP contribution in [0.2, 0.25) is 0 Å². The molecular weight excluding hydrogens is 172 g/mol. The molecule has 0 amide bonds. The zero-order chi connectivity index (χ0) is 10.1. The molecule has 0 aromatic heterocycles. The molecule has 0 bridgehead atoms. The van der Waals surface area contributed by atoms with Crippen molar-refractivity contribution in [3.8, 4) is 0 Å². The number of ether oxygens (including phenoxy) is 2. The molecule has 0 rings (SSSR count). The first-order chi connectivity index (χ1) is 6.24. The van der Waals surface area contributed by atoms with Crippen LogP contribution in [-0.2, 0) is 14.3 Å². The smallest absolute Gasteiger partial charge is 0.308 e. The minimum Gasteiger partial charge on any atom is -0.463 e. The SMILES string of the molecule is CCOC(CC)CC(=O)OCCO. The van der Waals surface area contributed by atoms with Crippen molar-refractivity contribution in [2.75, 3.05) is 19.8 Å². The van der Waals surface area contributed by atoms with Gasteiger partial charge in [0.05, 0.1) is 19.1 Å². The standard InChI is InChI=1S/C9H18O4/c1-3-8(12-4-2)7-9(11)13-6-5-10/h8,10H,3-7H2,1-2H3. The molecule has 1 atom stereocenters. The Morgan fingerprint density at radius 1 is 1.46 bits per heavy atom. The van der Waals surface area contributed by atoms with Crippen molar-refractivity contribution in [1.82, 2.24) is 0 Å². The van der Waals surface area contributed by atoms with Crippen molar-refractivity contribution in [3.05, 3.63) is 0 Å². The van der Waals surface area contributed by atoms with Gasteiger partial charge in [-0.05, 0) is 13.3 Å². The largest absolute Gasteiger partial charge is 0.463 e. The fourth-order valence-electron chi connectivity index (χ4n) is 0.961. The molecule has 4 heteroatoms. The van der Waals surface area contributed by atoms with Gasteiger partial charge in [0.15, 0.2) is 0 Å². The summed E-state index contributed by atoms with van der Waals surface area (Å²) in [5.41, 5.74) is 0. The highest BCUT2D eigenvalue weighted by atomic mass is 16.5. The second-order valence-corrected chi connectivity index (χ2v) is 2.63. The van der Waals surface area contributed by atoms with E-state index in [1.807, 2.05) is 13.8 Å². The summed E-state index contributed by atoms with van der Waals surface area (Å²) in [5, 5.41) is 8.40. The van der Waals surface area contributed by atoms with Crippen molar-refractivity contribution in [2.45, 2.75) is 32.8 Å². The van der Waals surface area contributed by atoms with Gasteiger partial charge in [0.1, 0.15) is 6.61 Å². The number of esters is 1. The maximum absolute atomic E-state index is 11.0. The van der Waals surface area contributed by atoms with Crippen molar-refractivity contribution < 1.29 is 19.4 Å². The quantitative estimate of drug-likeness (QED) is 0.601. The molecule has 0 fully saturated rings. The minimum absolute atomic E-state index is 0.0591. The van der Waals surface area contributed by atoms with E-state index < -0.39 is 0 Å². The molecule has 0 aliphatic carbocycles. The van der Waals surface area contributed by atoms with E-state index in [0.717, 1.165) is 6.42 Å². The van der Waals surface area contributed by atoms with Gasteiger partial charge in [-0.15, -0.1) is 0 Å². The molecule has 0 aromatic carbocycles. The average molecular weight is 190 g/mol. The van der Waals surface area contributed by atoms with E-state index in [2.05, 4.69) is 0 Å². The highest BCUT2D eigenvalue weighted by Gasteiger charge is 2.12. The van der Waals surface area contributed by atoms with Crippen molar-refractivity contribution in [2.24, 2.45) is 0 Å². The predicted molar refractivity (Wildman–Crippen MR) is 48.4 cm³/mol. The first kappa shape index (κ1) is 12.4. The molecule has 0 aliphatic heterocycles. The van der Waals surface area contributed by atoms with Crippen LogP contribution in [0.3, 0.4) is 0 Å². The third kappa shape index (κ3) is 6.54. The van der Waals surface area contributed by atoms with Crippen molar-refractivity contribution >= 4 is 5.97 Å². The van der Waals surface area contributed by atoms with Crippen LogP contribution in [0.4, 0.5) is 0 Å². The Kier molecular flexibility index (Phi) is 7.63. The third-order valence-corrected chi connectivity index (χ3v) is 1.61. The van der Waals surface area contributed by atoms with Gasteiger partial charge in [-0.25, -0.2) is 0 Å². The van der Waals surface area contributed by atoms with Crippen LogP contribution in [0, 0.1) is 0 Å². The number of hydrogen-bond acceptors (Lipinski definition) is 4. The summed E-state index contributed by atoms with van der Waals surface area (Å²) in [4.78, 5) is 11.0. The monoisotopic (exact) mass is 190 g/mol. The van der Waals surface area contributed by atoms with Crippen LogP contribution >= 0.6 is 0 Å². The predicted octanol–water partition coefficient (Wildman–Crippen LogP) is 0.727. The number of hydrogen-bond donors (Lipinski definition) is 1. The summed E-state index contributed by atoms with van der Waals surface area (Å²) in [5.74, 6) is -0.311. The Morgan fingerprint density at radius 2 is 2.15 bits per heavy atom. The topological polar surface area (TPSA) is 55.8 Å². The number of aliphatic hydroxyl groups is 1. The van der Waals surface area contributed by atoms with Gasteiger partial charge in [0.25, 0.3) is 0 Å². The lowest BCUT2D eigenvalue weighted by atomic mass is 10.2. The fourth-order valence-corrected chi connectivity index (χ4v) is 0.961. The molecule has 0 spiro atoms. The highest BCUT2D eigenvalue weighted by molar-refractivity contribution is 5.69. The van der Waals surface area contributed by atoms with Crippen molar-refractivity contribution in [3.63, 3.8) is 0 Å². The first-order valence-electron chi connectivity index (χ1n) is 4.62. The Bertz CT molecular complexity index is 136. The molecule has 0 aromatic rings. The molecule has 0 heterocycles. The van der Waals surface area contributed by atoms with Crippen LogP contribution in [0.15, 0.2) is 0 Å². The second kappa shape index (κ2) is 8.01. The zero-order valence-corrected chi connectivity index (χ0v) is 8.28. The van der Waals surface area contributed by atoms with Gasteiger partial charge in [0, 0.05) is 6.61 Å². The summed E-state index contributed by atoms with van der Waals surface area (Å²) >= 11 is 0. The van der Waals surface area contributed by atoms with E-state index in [1.165, 1.54) is 0 Å². The fraction of sp³-hybridized carbons (Fsp3) is 0.889. The van der Waals surface area contributed by atoms with Gasteiger partial charge >= 0.3 is 5.97 Å². The van der Waals surface area contributed by atoms with Gasteiger partial charge in [-0.1, -0.05) is 6.92 Å². The van der Waals surface area contributed by atoms with Gasteiger partial charge < -0.3 is 14.6 Å². The lowest BCUT2D eigenvalue weighted by Gasteiger charge is -2.13. The third-order valence-electron chi connectivity index (χ3n) is 1.61. The molecule has 0 radical (unpaired) electrons. The summed E-state index contributed by atoms with van der Waals surface area (Å²) < 4.78 is 9.98. The Hall–Kier alpha value is -0.610. The molecule has 13 heavy (non-hydrogen) atoms. The number of carbonyl (C=O) groups excluding carboxylic acids is 1.